The molecule has 0 aliphatic heterocycles. The van der Waals surface area contributed by atoms with Crippen LogP contribution in [0.25, 0.3) is 0 Å². The lowest BCUT2D eigenvalue weighted by Gasteiger charge is -2.34. The van der Waals surface area contributed by atoms with Gasteiger partial charge in [-0.1, -0.05) is 0 Å². The highest BCUT2D eigenvalue weighted by molar-refractivity contribution is 5.61. The van der Waals surface area contributed by atoms with Gasteiger partial charge in [0.15, 0.2) is 0 Å². The first-order chi connectivity index (χ1) is 25.4. The Kier molecular flexibility index (Phi) is 27.4. The number of methoxy groups -OCH3 is 1. The molecule has 20 heteroatoms. The van der Waals surface area contributed by atoms with E-state index in [0.717, 1.165) is 0 Å². The van der Waals surface area contributed by atoms with E-state index in [1.807, 2.05) is 0 Å². The number of ether oxygens (including phenoxy) is 13. The summed E-state index contributed by atoms with van der Waals surface area (Å²) in [6.07, 6.45) is -10.00. The van der Waals surface area contributed by atoms with Gasteiger partial charge in [-0.2, -0.15) is 0 Å². The van der Waals surface area contributed by atoms with Crippen molar-refractivity contribution in [2.75, 3.05) is 86.4 Å². The molecule has 0 rings (SSSR count). The van der Waals surface area contributed by atoms with Crippen LogP contribution in [0.2, 0.25) is 0 Å². The fourth-order valence-corrected chi connectivity index (χ4v) is 3.76. The first kappa shape index (κ1) is 50.8. The zero-order valence-electron chi connectivity index (χ0n) is 32.9. The van der Waals surface area contributed by atoms with E-state index in [9.17, 15) is 34.5 Å². The molecular weight excluding hydrogens is 728 g/mol. The van der Waals surface area contributed by atoms with Crippen LogP contribution in [-0.4, -0.2) is 175 Å². The molecule has 0 radical (unpaired) electrons. The minimum absolute atomic E-state index is 0.0146. The summed E-state index contributed by atoms with van der Waals surface area (Å²) in [7, 11) is 1.48. The van der Waals surface area contributed by atoms with Gasteiger partial charge >= 0.3 is 24.6 Å². The molecule has 0 amide bonds. The number of aliphatic hydroxyl groups is 3. The first-order valence-electron chi connectivity index (χ1n) is 17.6. The van der Waals surface area contributed by atoms with Gasteiger partial charge in [-0.3, -0.25) is 0 Å². The SMILES string of the molecule is COC(C)COC(=O)OC(C)COCC(COCC(C)OC(=O)OCC(C)O)(COCC(C)OC(=O)OCC(C)O)COCC(C)OC(=O)OCC(C)O. The fourth-order valence-electron chi connectivity index (χ4n) is 3.76. The summed E-state index contributed by atoms with van der Waals surface area (Å²) in [5, 5.41) is 28.0. The topological polar surface area (TPSA) is 249 Å². The molecular formula is C34H62O20. The molecule has 8 atom stereocenters. The van der Waals surface area contributed by atoms with Crippen molar-refractivity contribution in [2.45, 2.75) is 104 Å². The molecule has 318 valence electrons. The normalized spacial score (nSPS) is 16.9. The van der Waals surface area contributed by atoms with Gasteiger partial charge in [0.25, 0.3) is 0 Å². The second-order valence-electron chi connectivity index (χ2n) is 13.1. The first-order valence-corrected chi connectivity index (χ1v) is 17.6. The highest BCUT2D eigenvalue weighted by Gasteiger charge is 2.34. The van der Waals surface area contributed by atoms with E-state index in [1.165, 1.54) is 27.9 Å². The molecule has 0 heterocycles. The second kappa shape index (κ2) is 29.1. The van der Waals surface area contributed by atoms with Crippen molar-refractivity contribution >= 4 is 24.6 Å². The number of hydrogen-bond acceptors (Lipinski definition) is 20. The largest absolute Gasteiger partial charge is 0.508 e. The molecule has 0 bridgehead atoms. The van der Waals surface area contributed by atoms with Crippen LogP contribution < -0.4 is 0 Å². The molecule has 0 aliphatic rings. The van der Waals surface area contributed by atoms with E-state index in [2.05, 4.69) is 0 Å². The Morgan fingerprint density at radius 2 is 0.648 bits per heavy atom. The van der Waals surface area contributed by atoms with Gasteiger partial charge in [-0.05, 0) is 55.4 Å². The Labute approximate surface area is 316 Å². The zero-order chi connectivity index (χ0) is 41.1. The Morgan fingerprint density at radius 3 is 0.870 bits per heavy atom. The molecule has 0 saturated heterocycles. The zero-order valence-corrected chi connectivity index (χ0v) is 32.9. The Balaban J connectivity index is 5.82. The van der Waals surface area contributed by atoms with E-state index < -0.39 is 72.8 Å². The van der Waals surface area contributed by atoms with Gasteiger partial charge in [0.2, 0.25) is 0 Å². The van der Waals surface area contributed by atoms with Crippen LogP contribution in [0.4, 0.5) is 19.2 Å². The monoisotopic (exact) mass is 790 g/mol. The summed E-state index contributed by atoms with van der Waals surface area (Å²) >= 11 is 0. The molecule has 0 aliphatic carbocycles. The summed E-state index contributed by atoms with van der Waals surface area (Å²) < 4.78 is 69.0. The van der Waals surface area contributed by atoms with Crippen LogP contribution in [0.1, 0.15) is 55.4 Å². The summed E-state index contributed by atoms with van der Waals surface area (Å²) in [6.45, 7) is 10.7. The van der Waals surface area contributed by atoms with Crippen LogP contribution in [0.15, 0.2) is 0 Å². The predicted molar refractivity (Wildman–Crippen MR) is 185 cm³/mol. The third kappa shape index (κ3) is 28.2. The summed E-state index contributed by atoms with van der Waals surface area (Å²) in [4.78, 5) is 48.0. The van der Waals surface area contributed by atoms with Crippen LogP contribution in [0.5, 0.6) is 0 Å². The van der Waals surface area contributed by atoms with Crippen molar-refractivity contribution in [1.29, 1.82) is 0 Å². The van der Waals surface area contributed by atoms with E-state index in [-0.39, 0.29) is 85.4 Å². The Bertz CT molecular complexity index is 930. The quantitative estimate of drug-likeness (QED) is 0.0727. The molecule has 8 unspecified atom stereocenters. The van der Waals surface area contributed by atoms with Crippen molar-refractivity contribution in [3.63, 3.8) is 0 Å². The highest BCUT2D eigenvalue weighted by atomic mass is 16.8. The molecule has 0 aromatic heterocycles. The summed E-state index contributed by atoms with van der Waals surface area (Å²) in [6, 6.07) is 0. The Hall–Kier alpha value is -3.24. The van der Waals surface area contributed by atoms with Gasteiger partial charge in [0.05, 0.1) is 82.7 Å². The lowest BCUT2D eigenvalue weighted by molar-refractivity contribution is -0.133. The smallest absolute Gasteiger partial charge is 0.432 e. The molecule has 0 fully saturated rings. The molecule has 0 spiro atoms. The third-order valence-corrected chi connectivity index (χ3v) is 6.40. The van der Waals surface area contributed by atoms with E-state index in [1.54, 1.807) is 34.6 Å². The minimum atomic E-state index is -1.13. The van der Waals surface area contributed by atoms with Crippen LogP contribution in [-0.2, 0) is 61.6 Å². The number of rotatable bonds is 29. The van der Waals surface area contributed by atoms with Gasteiger partial charge < -0.3 is 76.9 Å². The lowest BCUT2D eigenvalue weighted by Crippen LogP contribution is -2.44. The summed E-state index contributed by atoms with van der Waals surface area (Å²) in [5.74, 6) is 0. The third-order valence-electron chi connectivity index (χ3n) is 6.40. The molecule has 54 heavy (non-hydrogen) atoms. The van der Waals surface area contributed by atoms with Crippen LogP contribution in [0.3, 0.4) is 0 Å². The predicted octanol–water partition coefficient (Wildman–Crippen LogP) is 2.38. The van der Waals surface area contributed by atoms with E-state index in [4.69, 9.17) is 61.6 Å². The second-order valence-corrected chi connectivity index (χ2v) is 13.1. The van der Waals surface area contributed by atoms with Gasteiger partial charge in [-0.25, -0.2) is 19.2 Å². The minimum Gasteiger partial charge on any atom is -0.432 e. The van der Waals surface area contributed by atoms with Crippen LogP contribution >= 0.6 is 0 Å². The van der Waals surface area contributed by atoms with Crippen molar-refractivity contribution in [3.05, 3.63) is 0 Å². The van der Waals surface area contributed by atoms with Crippen molar-refractivity contribution in [3.8, 4) is 0 Å². The molecule has 0 aromatic rings. The number of carbonyl (C=O) groups is 4. The van der Waals surface area contributed by atoms with E-state index in [0.29, 0.717) is 0 Å². The van der Waals surface area contributed by atoms with Gasteiger partial charge in [0.1, 0.15) is 50.8 Å². The molecule has 0 aromatic carbocycles. The fraction of sp³-hybridized carbons (Fsp3) is 0.882. The molecule has 0 saturated carbocycles. The standard InChI is InChI=1S/C34H62O20/c1-22(35)10-47-30(38)51-26(5)13-43-18-34(19-44-14-27(6)52-31(39)48-11-23(2)36,20-45-15-28(7)53-32(40)49-12-24(3)37)21-46-16-29(8)54-33(41)50-17-25(4)42-9/h22-29,35-37H,10-21H2,1-9H3. The van der Waals surface area contributed by atoms with E-state index >= 15 is 0 Å². The number of aliphatic hydroxyl groups excluding tert-OH is 3. The molecule has 20 nitrogen and oxygen atoms in total. The maximum Gasteiger partial charge on any atom is 0.508 e. The maximum absolute atomic E-state index is 12.1. The highest BCUT2D eigenvalue weighted by Crippen LogP contribution is 2.22. The Morgan fingerprint density at radius 1 is 0.407 bits per heavy atom. The van der Waals surface area contributed by atoms with Crippen molar-refractivity contribution < 1.29 is 96.1 Å². The number of hydrogen-bond donors (Lipinski definition) is 3. The molecule has 3 N–H and O–H groups in total. The van der Waals surface area contributed by atoms with Crippen LogP contribution in [0, 0.1) is 5.41 Å². The number of carbonyl (C=O) groups excluding carboxylic acids is 4. The maximum atomic E-state index is 12.1. The van der Waals surface area contributed by atoms with Gasteiger partial charge in [0, 0.05) is 7.11 Å². The average molecular weight is 791 g/mol. The van der Waals surface area contributed by atoms with Gasteiger partial charge in [-0.15, -0.1) is 0 Å². The van der Waals surface area contributed by atoms with Crippen molar-refractivity contribution in [1.82, 2.24) is 0 Å². The summed E-state index contributed by atoms with van der Waals surface area (Å²) in [5.41, 5.74) is -1.13. The van der Waals surface area contributed by atoms with Crippen molar-refractivity contribution in [2.24, 2.45) is 5.41 Å². The average Bonchev–Trinajstić information content (AvgIpc) is 3.07. The lowest BCUT2D eigenvalue weighted by atomic mass is 9.92.